The summed E-state index contributed by atoms with van der Waals surface area (Å²) < 4.78 is 0.910. The Balaban J connectivity index is 1.72. The van der Waals surface area contributed by atoms with Crippen molar-refractivity contribution in [3.05, 3.63) is 33.4 Å². The van der Waals surface area contributed by atoms with Gasteiger partial charge in [-0.05, 0) is 47.6 Å². The number of nitrogens with zero attached hydrogens (tertiary/aromatic N) is 1. The monoisotopic (exact) mass is 399 g/mol. The number of carbonyl (C=O) groups excluding carboxylic acids is 3. The molecule has 0 saturated carbocycles. The fraction of sp³-hybridized carbons (Fsp3) is 0.357. The van der Waals surface area contributed by atoms with Crippen LogP contribution in [0.1, 0.15) is 23.2 Å². The Morgan fingerprint density at radius 3 is 2.43 bits per heavy atom. The third-order valence-electron chi connectivity index (χ3n) is 4.02. The molecule has 2 heterocycles. The van der Waals surface area contributed by atoms with Gasteiger partial charge in [0.15, 0.2) is 0 Å². The molecule has 2 aliphatic heterocycles. The molecule has 1 aromatic carbocycles. The molecule has 7 heteroatoms. The van der Waals surface area contributed by atoms with Gasteiger partial charge in [0.2, 0.25) is 0 Å². The highest BCUT2D eigenvalue weighted by atomic mass is 127. The van der Waals surface area contributed by atoms with Gasteiger partial charge in [-0.25, -0.2) is 4.79 Å². The van der Waals surface area contributed by atoms with Crippen molar-refractivity contribution in [1.82, 2.24) is 15.5 Å². The summed E-state index contributed by atoms with van der Waals surface area (Å²) in [5.41, 5.74) is -0.161. The van der Waals surface area contributed by atoms with E-state index in [2.05, 4.69) is 33.2 Å². The van der Waals surface area contributed by atoms with E-state index in [0.29, 0.717) is 31.5 Å². The summed E-state index contributed by atoms with van der Waals surface area (Å²) in [6.07, 6.45) is 0.888. The number of rotatable bonds is 1. The first kappa shape index (κ1) is 14.3. The normalized spacial score (nSPS) is 20.3. The molecular formula is C14H14IN3O3. The van der Waals surface area contributed by atoms with Crippen molar-refractivity contribution in [2.45, 2.75) is 18.4 Å². The minimum absolute atomic E-state index is 0.0282. The topological polar surface area (TPSA) is 78.5 Å². The van der Waals surface area contributed by atoms with Crippen LogP contribution in [-0.4, -0.2) is 41.4 Å². The molecule has 1 aromatic rings. The Kier molecular flexibility index (Phi) is 3.60. The second kappa shape index (κ2) is 5.28. The van der Waals surface area contributed by atoms with Crippen LogP contribution in [-0.2, 0) is 4.79 Å². The molecule has 2 fully saturated rings. The fourth-order valence-electron chi connectivity index (χ4n) is 2.78. The Morgan fingerprint density at radius 1 is 1.19 bits per heavy atom. The van der Waals surface area contributed by atoms with Crippen molar-refractivity contribution >= 4 is 40.4 Å². The van der Waals surface area contributed by atoms with Crippen molar-refractivity contribution < 1.29 is 14.4 Å². The van der Waals surface area contributed by atoms with Crippen LogP contribution in [0.15, 0.2) is 24.3 Å². The molecular weight excluding hydrogens is 385 g/mol. The quantitative estimate of drug-likeness (QED) is 0.549. The molecule has 3 rings (SSSR count). The molecule has 1 spiro atoms. The van der Waals surface area contributed by atoms with E-state index in [4.69, 9.17) is 0 Å². The first-order valence-electron chi connectivity index (χ1n) is 6.69. The van der Waals surface area contributed by atoms with Crippen LogP contribution < -0.4 is 10.6 Å². The van der Waals surface area contributed by atoms with E-state index in [0.717, 1.165) is 3.57 Å². The lowest BCUT2D eigenvalue weighted by molar-refractivity contribution is -0.125. The molecule has 0 aliphatic carbocycles. The van der Waals surface area contributed by atoms with E-state index >= 15 is 0 Å². The SMILES string of the molecule is O=C1NC(=O)C2(CCN(C(=O)c3ccccc3I)CC2)N1. The van der Waals surface area contributed by atoms with E-state index in [1.54, 1.807) is 11.0 Å². The highest BCUT2D eigenvalue weighted by Gasteiger charge is 2.48. The summed E-state index contributed by atoms with van der Waals surface area (Å²) >= 11 is 2.14. The number of carbonyl (C=O) groups is 3. The number of imide groups is 1. The van der Waals surface area contributed by atoms with Gasteiger partial charge < -0.3 is 10.2 Å². The Hall–Kier alpha value is -1.64. The predicted molar refractivity (Wildman–Crippen MR) is 83.7 cm³/mol. The van der Waals surface area contributed by atoms with E-state index in [9.17, 15) is 14.4 Å². The van der Waals surface area contributed by atoms with Gasteiger partial charge >= 0.3 is 6.03 Å². The first-order chi connectivity index (χ1) is 10.0. The van der Waals surface area contributed by atoms with Crippen LogP contribution in [0.4, 0.5) is 4.79 Å². The molecule has 0 atom stereocenters. The van der Waals surface area contributed by atoms with Crippen molar-refractivity contribution in [3.63, 3.8) is 0 Å². The number of halogens is 1. The van der Waals surface area contributed by atoms with Crippen LogP contribution in [0.25, 0.3) is 0 Å². The van der Waals surface area contributed by atoms with Gasteiger partial charge in [0, 0.05) is 16.7 Å². The van der Waals surface area contributed by atoms with E-state index in [1.807, 2.05) is 18.2 Å². The second-order valence-corrected chi connectivity index (χ2v) is 6.42. The number of hydrogen-bond acceptors (Lipinski definition) is 3. The predicted octanol–water partition coefficient (Wildman–Crippen LogP) is 1.11. The standard InChI is InChI=1S/C14H14IN3O3/c15-10-4-2-1-3-9(10)11(19)18-7-5-14(6-8-18)12(20)16-13(21)17-14/h1-4H,5-8H2,(H2,16,17,20,21). The largest absolute Gasteiger partial charge is 0.338 e. The number of urea groups is 1. The Bertz CT molecular complexity index is 624. The summed E-state index contributed by atoms with van der Waals surface area (Å²) in [4.78, 5) is 37.4. The van der Waals surface area contributed by atoms with Gasteiger partial charge in [-0.3, -0.25) is 14.9 Å². The van der Waals surface area contributed by atoms with E-state index in [-0.39, 0.29) is 11.8 Å². The number of likely N-dealkylation sites (tertiary alicyclic amines) is 1. The fourth-order valence-corrected chi connectivity index (χ4v) is 3.39. The van der Waals surface area contributed by atoms with Crippen LogP contribution >= 0.6 is 22.6 Å². The minimum Gasteiger partial charge on any atom is -0.338 e. The van der Waals surface area contributed by atoms with Gasteiger partial charge in [-0.1, -0.05) is 12.1 Å². The third kappa shape index (κ3) is 2.50. The number of piperidine rings is 1. The average molecular weight is 399 g/mol. The smallest absolute Gasteiger partial charge is 0.322 e. The lowest BCUT2D eigenvalue weighted by Gasteiger charge is -2.37. The van der Waals surface area contributed by atoms with Gasteiger partial charge in [0.25, 0.3) is 11.8 Å². The second-order valence-electron chi connectivity index (χ2n) is 5.26. The van der Waals surface area contributed by atoms with E-state index in [1.165, 1.54) is 0 Å². The van der Waals surface area contributed by atoms with Gasteiger partial charge in [0.1, 0.15) is 5.54 Å². The number of benzene rings is 1. The van der Waals surface area contributed by atoms with Gasteiger partial charge in [-0.2, -0.15) is 0 Å². The van der Waals surface area contributed by atoms with Crippen LogP contribution in [0, 0.1) is 3.57 Å². The summed E-state index contributed by atoms with van der Waals surface area (Å²) in [6.45, 7) is 0.912. The lowest BCUT2D eigenvalue weighted by Crippen LogP contribution is -2.55. The maximum absolute atomic E-state index is 12.5. The molecule has 0 unspecified atom stereocenters. The average Bonchev–Trinajstić information content (AvgIpc) is 2.74. The third-order valence-corrected chi connectivity index (χ3v) is 4.96. The van der Waals surface area contributed by atoms with E-state index < -0.39 is 11.6 Å². The van der Waals surface area contributed by atoms with Crippen molar-refractivity contribution in [2.75, 3.05) is 13.1 Å². The zero-order valence-corrected chi connectivity index (χ0v) is 13.3. The highest BCUT2D eigenvalue weighted by Crippen LogP contribution is 2.27. The summed E-state index contributed by atoms with van der Waals surface area (Å²) in [6, 6.07) is 6.98. The minimum atomic E-state index is -0.836. The van der Waals surface area contributed by atoms with Crippen molar-refractivity contribution in [1.29, 1.82) is 0 Å². The highest BCUT2D eigenvalue weighted by molar-refractivity contribution is 14.1. The maximum atomic E-state index is 12.5. The van der Waals surface area contributed by atoms with Gasteiger partial charge in [-0.15, -0.1) is 0 Å². The van der Waals surface area contributed by atoms with Crippen LogP contribution in [0.3, 0.4) is 0 Å². The molecule has 21 heavy (non-hydrogen) atoms. The molecule has 6 nitrogen and oxygen atoms in total. The summed E-state index contributed by atoms with van der Waals surface area (Å²) in [5.74, 6) is -0.312. The Morgan fingerprint density at radius 2 is 1.86 bits per heavy atom. The number of nitrogens with one attached hydrogen (secondary N) is 2. The molecule has 0 aromatic heterocycles. The molecule has 2 aliphatic rings. The summed E-state index contributed by atoms with van der Waals surface area (Å²) in [7, 11) is 0. The molecule has 110 valence electrons. The van der Waals surface area contributed by atoms with Crippen LogP contribution in [0.2, 0.25) is 0 Å². The number of hydrogen-bond donors (Lipinski definition) is 2. The molecule has 0 radical (unpaired) electrons. The van der Waals surface area contributed by atoms with Crippen LogP contribution in [0.5, 0.6) is 0 Å². The molecule has 4 amide bonds. The zero-order valence-electron chi connectivity index (χ0n) is 11.2. The van der Waals surface area contributed by atoms with Gasteiger partial charge in [0.05, 0.1) is 5.56 Å². The first-order valence-corrected chi connectivity index (χ1v) is 7.77. The lowest BCUT2D eigenvalue weighted by atomic mass is 9.87. The summed E-state index contributed by atoms with van der Waals surface area (Å²) in [5, 5.41) is 4.96. The Labute approximate surface area is 135 Å². The van der Waals surface area contributed by atoms with Crippen molar-refractivity contribution in [3.8, 4) is 0 Å². The number of amides is 4. The van der Waals surface area contributed by atoms with Crippen molar-refractivity contribution in [2.24, 2.45) is 0 Å². The maximum Gasteiger partial charge on any atom is 0.322 e. The molecule has 2 N–H and O–H groups in total. The zero-order chi connectivity index (χ0) is 15.0. The molecule has 0 bridgehead atoms. The molecule has 2 saturated heterocycles.